The van der Waals surface area contributed by atoms with Gasteiger partial charge in [0.15, 0.2) is 5.76 Å². The summed E-state index contributed by atoms with van der Waals surface area (Å²) < 4.78 is 12.2. The van der Waals surface area contributed by atoms with Crippen molar-refractivity contribution in [3.05, 3.63) is 70.7 Å². The van der Waals surface area contributed by atoms with Crippen LogP contribution in [0.25, 0.3) is 0 Å². The molecule has 0 spiro atoms. The number of benzene rings is 1. The number of amides is 2. The number of hydrogen-bond acceptors (Lipinski definition) is 6. The van der Waals surface area contributed by atoms with Crippen molar-refractivity contribution in [2.75, 3.05) is 23.3 Å². The van der Waals surface area contributed by atoms with Gasteiger partial charge in [0.2, 0.25) is 5.91 Å². The molecule has 166 valence electrons. The van der Waals surface area contributed by atoms with Crippen molar-refractivity contribution in [1.82, 2.24) is 4.98 Å². The summed E-state index contributed by atoms with van der Waals surface area (Å²) in [7, 11) is 0. The van der Waals surface area contributed by atoms with Gasteiger partial charge in [-0.3, -0.25) is 9.59 Å². The Kier molecular flexibility index (Phi) is 6.75. The lowest BCUT2D eigenvalue weighted by Crippen LogP contribution is -2.41. The van der Waals surface area contributed by atoms with Crippen molar-refractivity contribution in [1.29, 1.82) is 0 Å². The lowest BCUT2D eigenvalue weighted by Gasteiger charge is -2.32. The number of ether oxygens (including phenoxy) is 1. The average Bonchev–Trinajstić information content (AvgIpc) is 3.29. The molecule has 1 aliphatic heterocycles. The second-order valence-corrected chi connectivity index (χ2v) is 8.47. The number of hydrogen-bond donors (Lipinski definition) is 2. The molecule has 0 aliphatic carbocycles. The number of rotatable bonds is 7. The summed E-state index contributed by atoms with van der Waals surface area (Å²) in [6.07, 6.45) is 3.28. The van der Waals surface area contributed by atoms with Gasteiger partial charge in [0.05, 0.1) is 17.8 Å². The first kappa shape index (κ1) is 21.9. The van der Waals surface area contributed by atoms with Crippen LogP contribution >= 0.6 is 15.9 Å². The molecular formula is C23H23BrN4O4. The van der Waals surface area contributed by atoms with E-state index in [0.29, 0.717) is 23.7 Å². The van der Waals surface area contributed by atoms with Crippen molar-refractivity contribution in [3.63, 3.8) is 0 Å². The molecule has 32 heavy (non-hydrogen) atoms. The smallest absolute Gasteiger partial charge is 0.291 e. The van der Waals surface area contributed by atoms with Crippen molar-refractivity contribution in [2.24, 2.45) is 11.7 Å². The van der Waals surface area contributed by atoms with Gasteiger partial charge in [-0.25, -0.2) is 4.98 Å². The Morgan fingerprint density at radius 1 is 1.19 bits per heavy atom. The summed E-state index contributed by atoms with van der Waals surface area (Å²) in [5.74, 6) is 1.37. The van der Waals surface area contributed by atoms with Crippen molar-refractivity contribution in [2.45, 2.75) is 19.4 Å². The molecular weight excluding hydrogens is 476 g/mol. The van der Waals surface area contributed by atoms with E-state index in [9.17, 15) is 9.59 Å². The molecule has 1 fully saturated rings. The fourth-order valence-corrected chi connectivity index (χ4v) is 3.78. The van der Waals surface area contributed by atoms with Gasteiger partial charge in [0.25, 0.3) is 5.91 Å². The highest BCUT2D eigenvalue weighted by atomic mass is 79.9. The number of carbonyl (C=O) groups is 2. The summed E-state index contributed by atoms with van der Waals surface area (Å²) in [6, 6.07) is 14.4. The van der Waals surface area contributed by atoms with E-state index in [1.54, 1.807) is 24.4 Å². The van der Waals surface area contributed by atoms with Crippen LogP contribution in [0.15, 0.2) is 63.6 Å². The van der Waals surface area contributed by atoms with Crippen LogP contribution in [0.4, 0.5) is 11.5 Å². The molecule has 8 nitrogen and oxygen atoms in total. The lowest BCUT2D eigenvalue weighted by atomic mass is 9.97. The third-order valence-corrected chi connectivity index (χ3v) is 5.76. The molecule has 0 bridgehead atoms. The number of aromatic nitrogens is 1. The summed E-state index contributed by atoms with van der Waals surface area (Å²) in [6.45, 7) is 1.60. The third-order valence-electron chi connectivity index (χ3n) is 5.23. The maximum absolute atomic E-state index is 12.5. The normalized spacial score (nSPS) is 15.9. The minimum atomic E-state index is -0.374. The van der Waals surface area contributed by atoms with Crippen molar-refractivity contribution in [3.8, 4) is 5.75 Å². The zero-order valence-electron chi connectivity index (χ0n) is 17.3. The van der Waals surface area contributed by atoms with Gasteiger partial charge in [-0.15, -0.1) is 0 Å². The van der Waals surface area contributed by atoms with E-state index in [4.69, 9.17) is 14.9 Å². The molecule has 3 N–H and O–H groups in total. The maximum atomic E-state index is 12.5. The van der Waals surface area contributed by atoms with Crippen LogP contribution in [0, 0.1) is 5.92 Å². The van der Waals surface area contributed by atoms with Crippen molar-refractivity contribution < 1.29 is 18.7 Å². The summed E-state index contributed by atoms with van der Waals surface area (Å²) in [5, 5.41) is 2.77. The number of piperidine rings is 1. The van der Waals surface area contributed by atoms with Crippen molar-refractivity contribution >= 4 is 39.2 Å². The topological polar surface area (TPSA) is 111 Å². The summed E-state index contributed by atoms with van der Waals surface area (Å²) in [5.41, 5.74) is 5.99. The molecule has 1 atom stereocenters. The first-order valence-electron chi connectivity index (χ1n) is 10.3. The first-order valence-corrected chi connectivity index (χ1v) is 11.1. The Labute approximate surface area is 193 Å². The van der Waals surface area contributed by atoms with Crippen LogP contribution in [-0.2, 0) is 11.4 Å². The highest BCUT2D eigenvalue weighted by molar-refractivity contribution is 9.10. The molecule has 4 rings (SSSR count). The maximum Gasteiger partial charge on any atom is 0.291 e. The van der Waals surface area contributed by atoms with Gasteiger partial charge in [0, 0.05) is 17.6 Å². The van der Waals surface area contributed by atoms with E-state index < -0.39 is 0 Å². The Bertz CT molecular complexity index is 1080. The standard InChI is InChI=1S/C23H23BrN4O4/c24-16-3-6-18(7-4-16)31-14-19-8-9-20(32-19)23(30)27-17-5-10-21(26-12-17)28-11-1-2-15(13-28)22(25)29/h3-10,12,15H,1-2,11,13-14H2,(H2,25,29)(H,27,30). The Morgan fingerprint density at radius 3 is 2.72 bits per heavy atom. The Hall–Kier alpha value is -3.33. The molecule has 0 radical (unpaired) electrons. The predicted octanol–water partition coefficient (Wildman–Crippen LogP) is 3.97. The molecule has 1 aromatic carbocycles. The highest BCUT2D eigenvalue weighted by Gasteiger charge is 2.24. The average molecular weight is 499 g/mol. The first-order chi connectivity index (χ1) is 15.5. The van der Waals surface area contributed by atoms with Gasteiger partial charge >= 0.3 is 0 Å². The van der Waals surface area contributed by atoms with E-state index in [-0.39, 0.29) is 30.1 Å². The summed E-state index contributed by atoms with van der Waals surface area (Å²) >= 11 is 3.38. The molecule has 1 saturated heterocycles. The van der Waals surface area contributed by atoms with Gasteiger partial charge in [-0.05, 0) is 61.4 Å². The number of nitrogens with one attached hydrogen (secondary N) is 1. The number of carbonyl (C=O) groups excluding carboxylic acids is 2. The van der Waals surface area contributed by atoms with E-state index in [2.05, 4.69) is 26.2 Å². The number of nitrogens with two attached hydrogens (primary N) is 1. The molecule has 0 saturated carbocycles. The minimum Gasteiger partial charge on any atom is -0.486 e. The second kappa shape index (κ2) is 9.86. The highest BCUT2D eigenvalue weighted by Crippen LogP contribution is 2.23. The molecule has 3 aromatic rings. The van der Waals surface area contributed by atoms with Crippen LogP contribution in [0.3, 0.4) is 0 Å². The van der Waals surface area contributed by atoms with Crippen LogP contribution in [0.1, 0.15) is 29.2 Å². The largest absolute Gasteiger partial charge is 0.486 e. The molecule has 2 amide bonds. The second-order valence-electron chi connectivity index (χ2n) is 7.56. The number of anilines is 2. The number of furan rings is 1. The van der Waals surface area contributed by atoms with E-state index in [1.807, 2.05) is 35.2 Å². The van der Waals surface area contributed by atoms with Gasteiger partial charge < -0.3 is 25.1 Å². The molecule has 1 aliphatic rings. The summed E-state index contributed by atoms with van der Waals surface area (Å²) in [4.78, 5) is 30.4. The predicted molar refractivity (Wildman–Crippen MR) is 124 cm³/mol. The van der Waals surface area contributed by atoms with Gasteiger partial charge in [0.1, 0.15) is 23.9 Å². The van der Waals surface area contributed by atoms with E-state index >= 15 is 0 Å². The monoisotopic (exact) mass is 498 g/mol. The Morgan fingerprint density at radius 2 is 2.00 bits per heavy atom. The van der Waals surface area contributed by atoms with E-state index in [1.165, 1.54) is 0 Å². The number of primary amides is 1. The zero-order chi connectivity index (χ0) is 22.5. The van der Waals surface area contributed by atoms with E-state index in [0.717, 1.165) is 29.7 Å². The zero-order valence-corrected chi connectivity index (χ0v) is 18.9. The number of halogens is 1. The minimum absolute atomic E-state index is 0.161. The Balaban J connectivity index is 1.32. The fraction of sp³-hybridized carbons (Fsp3) is 0.261. The van der Waals surface area contributed by atoms with Gasteiger partial charge in [-0.1, -0.05) is 15.9 Å². The molecule has 3 heterocycles. The van der Waals surface area contributed by atoms with Crippen LogP contribution in [0.2, 0.25) is 0 Å². The SMILES string of the molecule is NC(=O)C1CCCN(c2ccc(NC(=O)c3ccc(COc4ccc(Br)cc4)o3)cn2)C1. The molecule has 1 unspecified atom stereocenters. The third kappa shape index (κ3) is 5.47. The van der Waals surface area contributed by atoms with Crippen LogP contribution < -0.4 is 20.7 Å². The lowest BCUT2D eigenvalue weighted by molar-refractivity contribution is -0.122. The fourth-order valence-electron chi connectivity index (χ4n) is 3.52. The number of pyridine rings is 1. The molecule has 2 aromatic heterocycles. The van der Waals surface area contributed by atoms with Gasteiger partial charge in [-0.2, -0.15) is 0 Å². The quantitative estimate of drug-likeness (QED) is 0.509. The number of nitrogens with zero attached hydrogens (tertiary/aromatic N) is 2. The van der Waals surface area contributed by atoms with Crippen LogP contribution in [0.5, 0.6) is 5.75 Å². The molecule has 9 heteroatoms. The van der Waals surface area contributed by atoms with Crippen LogP contribution in [-0.4, -0.2) is 29.9 Å².